The Kier molecular flexibility index (Phi) is 3.51. The summed E-state index contributed by atoms with van der Waals surface area (Å²) in [7, 11) is 0. The van der Waals surface area contributed by atoms with Gasteiger partial charge in [0.2, 0.25) is 0 Å². The molecule has 1 aliphatic heterocycles. The summed E-state index contributed by atoms with van der Waals surface area (Å²) >= 11 is 0. The molecule has 0 spiro atoms. The van der Waals surface area contributed by atoms with Crippen molar-refractivity contribution in [1.29, 1.82) is 0 Å². The first-order chi connectivity index (χ1) is 11.7. The van der Waals surface area contributed by atoms with Gasteiger partial charge in [-0.05, 0) is 30.3 Å². The average molecular weight is 326 g/mol. The van der Waals surface area contributed by atoms with Gasteiger partial charge in [0.05, 0.1) is 29.7 Å². The fourth-order valence-corrected chi connectivity index (χ4v) is 3.02. The quantitative estimate of drug-likeness (QED) is 0.328. The molecule has 0 saturated heterocycles. The number of aromatic hydroxyl groups is 1. The van der Waals surface area contributed by atoms with Gasteiger partial charge in [-0.25, -0.2) is 0 Å². The number of aromatic nitrogens is 2. The lowest BCUT2D eigenvalue weighted by Gasteiger charge is -2.18. The molecule has 24 heavy (non-hydrogen) atoms. The molecule has 0 atom stereocenters. The zero-order chi connectivity index (χ0) is 16.7. The van der Waals surface area contributed by atoms with Gasteiger partial charge in [-0.1, -0.05) is 0 Å². The van der Waals surface area contributed by atoms with E-state index in [1.165, 1.54) is 0 Å². The van der Waals surface area contributed by atoms with Gasteiger partial charge < -0.3 is 26.0 Å². The molecule has 2 aromatic carbocycles. The summed E-state index contributed by atoms with van der Waals surface area (Å²) < 4.78 is 7.84. The molecule has 5 N–H and O–H groups in total. The maximum atomic E-state index is 9.80. The molecule has 1 aliphatic rings. The summed E-state index contributed by atoms with van der Waals surface area (Å²) in [5, 5.41) is 27.4. The zero-order valence-electron chi connectivity index (χ0n) is 13.0. The number of nitrogens with two attached hydrogens (primary N) is 1. The van der Waals surface area contributed by atoms with Gasteiger partial charge in [-0.3, -0.25) is 4.68 Å². The van der Waals surface area contributed by atoms with E-state index >= 15 is 0 Å². The topological polar surface area (TPSA) is 106 Å². The molecular formula is C17H18N4O3. The summed E-state index contributed by atoms with van der Waals surface area (Å²) in [5.41, 5.74) is 9.07. The van der Waals surface area contributed by atoms with Gasteiger partial charge in [0.1, 0.15) is 17.2 Å². The number of ether oxygens (including phenoxy) is 1. The van der Waals surface area contributed by atoms with Crippen LogP contribution < -0.4 is 15.8 Å². The fourth-order valence-electron chi connectivity index (χ4n) is 3.02. The number of hydrogen-bond donors (Lipinski definition) is 4. The van der Waals surface area contributed by atoms with Gasteiger partial charge in [-0.2, -0.15) is 5.10 Å². The second-order valence-corrected chi connectivity index (χ2v) is 5.71. The van der Waals surface area contributed by atoms with E-state index in [1.54, 1.807) is 18.2 Å². The Morgan fingerprint density at radius 1 is 1.21 bits per heavy atom. The minimum atomic E-state index is 0.103. The van der Waals surface area contributed by atoms with Crippen LogP contribution >= 0.6 is 0 Å². The van der Waals surface area contributed by atoms with E-state index in [-0.39, 0.29) is 12.4 Å². The molecule has 4 rings (SSSR count). The first-order valence-electron chi connectivity index (χ1n) is 7.81. The minimum Gasteiger partial charge on any atom is -0.508 e. The lowest BCUT2D eigenvalue weighted by atomic mass is 10.0. The second-order valence-electron chi connectivity index (χ2n) is 5.71. The molecule has 0 radical (unpaired) electrons. The average Bonchev–Trinajstić information content (AvgIpc) is 2.95. The van der Waals surface area contributed by atoms with Crippen LogP contribution in [0.25, 0.3) is 22.2 Å². The van der Waals surface area contributed by atoms with Crippen molar-refractivity contribution in [3.05, 3.63) is 30.3 Å². The summed E-state index contributed by atoms with van der Waals surface area (Å²) in [5.74, 6) is 1.40. The third kappa shape index (κ3) is 2.26. The van der Waals surface area contributed by atoms with Crippen molar-refractivity contribution in [3.8, 4) is 28.5 Å². The Morgan fingerprint density at radius 3 is 2.92 bits per heavy atom. The number of nitrogens with one attached hydrogen (secondary N) is 1. The molecule has 124 valence electrons. The molecule has 0 fully saturated rings. The lowest BCUT2D eigenvalue weighted by molar-refractivity contribution is 0.291. The van der Waals surface area contributed by atoms with E-state index in [2.05, 4.69) is 5.32 Å². The Labute approximate surface area is 138 Å². The van der Waals surface area contributed by atoms with E-state index in [0.717, 1.165) is 22.2 Å². The Hall–Kier alpha value is -2.77. The highest BCUT2D eigenvalue weighted by Crippen LogP contribution is 2.49. The summed E-state index contributed by atoms with van der Waals surface area (Å²) in [6.07, 6.45) is 0. The highest BCUT2D eigenvalue weighted by Gasteiger charge is 2.26. The predicted octanol–water partition coefficient (Wildman–Crippen LogP) is 1.68. The number of benzene rings is 2. The molecule has 0 aliphatic carbocycles. The van der Waals surface area contributed by atoms with Gasteiger partial charge in [-0.15, -0.1) is 0 Å². The van der Waals surface area contributed by atoms with Gasteiger partial charge in [0.15, 0.2) is 5.75 Å². The number of phenols is 1. The molecule has 0 bridgehead atoms. The highest BCUT2D eigenvalue weighted by molar-refractivity contribution is 6.04. The molecule has 7 nitrogen and oxygen atoms in total. The molecular weight excluding hydrogens is 308 g/mol. The maximum absolute atomic E-state index is 9.80. The first-order valence-corrected chi connectivity index (χ1v) is 7.81. The number of nitrogens with zero attached hydrogens (tertiary/aromatic N) is 2. The van der Waals surface area contributed by atoms with Crippen molar-refractivity contribution in [3.63, 3.8) is 0 Å². The number of phenolic OH excluding ortho intramolecular Hbond substituents is 1. The number of rotatable bonds is 5. The van der Waals surface area contributed by atoms with Gasteiger partial charge in [0, 0.05) is 18.7 Å². The van der Waals surface area contributed by atoms with E-state index < -0.39 is 0 Å². The van der Waals surface area contributed by atoms with Crippen LogP contribution in [-0.2, 0) is 6.54 Å². The third-order valence-electron chi connectivity index (χ3n) is 4.12. The molecule has 1 aromatic heterocycles. The number of hydrogen-bond acceptors (Lipinski definition) is 6. The number of aliphatic hydroxyl groups excluding tert-OH is 1. The van der Waals surface area contributed by atoms with Crippen LogP contribution in [0.2, 0.25) is 0 Å². The number of nitrogen functional groups attached to an aromatic ring is 1. The monoisotopic (exact) mass is 326 g/mol. The molecule has 7 heteroatoms. The standard InChI is InChI=1S/C17H18N4O3/c18-12-2-3-13-15-16(20-21(13)7-5-19-6-8-22)11-9-10(23)1-4-14(11)24-17(12)15/h1-4,9,19,22-23H,5-8,18H2. The predicted molar refractivity (Wildman–Crippen MR) is 91.3 cm³/mol. The second kappa shape index (κ2) is 5.70. The summed E-state index contributed by atoms with van der Waals surface area (Å²) in [4.78, 5) is 0. The number of anilines is 1. The normalized spacial score (nSPS) is 12.2. The van der Waals surface area contributed by atoms with Crippen LogP contribution in [0.3, 0.4) is 0 Å². The van der Waals surface area contributed by atoms with Gasteiger partial charge in [0.25, 0.3) is 0 Å². The van der Waals surface area contributed by atoms with Crippen LogP contribution in [0.1, 0.15) is 0 Å². The van der Waals surface area contributed by atoms with E-state index in [0.29, 0.717) is 36.8 Å². The van der Waals surface area contributed by atoms with Crippen LogP contribution in [0.5, 0.6) is 17.2 Å². The van der Waals surface area contributed by atoms with Crippen molar-refractivity contribution in [2.45, 2.75) is 6.54 Å². The molecule has 0 unspecified atom stereocenters. The Balaban J connectivity index is 1.84. The van der Waals surface area contributed by atoms with Crippen molar-refractivity contribution in [1.82, 2.24) is 15.1 Å². The van der Waals surface area contributed by atoms with Crippen molar-refractivity contribution in [2.75, 3.05) is 25.4 Å². The van der Waals surface area contributed by atoms with Crippen LogP contribution in [0.4, 0.5) is 5.69 Å². The summed E-state index contributed by atoms with van der Waals surface area (Å²) in [6.45, 7) is 1.98. The molecule has 0 amide bonds. The third-order valence-corrected chi connectivity index (χ3v) is 4.12. The highest BCUT2D eigenvalue weighted by atomic mass is 16.5. The molecule has 0 saturated carbocycles. The molecule has 2 heterocycles. The number of aliphatic hydroxyl groups is 1. The SMILES string of the molecule is Nc1ccc2c3c(nn2CCNCCO)-c2cc(O)ccc2Oc13. The largest absolute Gasteiger partial charge is 0.508 e. The zero-order valence-corrected chi connectivity index (χ0v) is 13.0. The van der Waals surface area contributed by atoms with Crippen LogP contribution in [0, 0.1) is 0 Å². The van der Waals surface area contributed by atoms with Crippen molar-refractivity contribution < 1.29 is 14.9 Å². The fraction of sp³-hybridized carbons (Fsp3) is 0.235. The Bertz CT molecular complexity index is 920. The van der Waals surface area contributed by atoms with E-state index in [4.69, 9.17) is 20.7 Å². The summed E-state index contributed by atoms with van der Waals surface area (Å²) in [6, 6.07) is 8.68. The van der Waals surface area contributed by atoms with Crippen LogP contribution in [-0.4, -0.2) is 39.7 Å². The lowest BCUT2D eigenvalue weighted by Crippen LogP contribution is -2.23. The number of fused-ring (bicyclic) bond motifs is 2. The van der Waals surface area contributed by atoms with E-state index in [1.807, 2.05) is 16.8 Å². The Morgan fingerprint density at radius 2 is 2.08 bits per heavy atom. The molecule has 3 aromatic rings. The first kappa shape index (κ1) is 14.8. The van der Waals surface area contributed by atoms with Crippen molar-refractivity contribution in [2.24, 2.45) is 0 Å². The maximum Gasteiger partial charge on any atom is 0.161 e. The van der Waals surface area contributed by atoms with Crippen LogP contribution in [0.15, 0.2) is 30.3 Å². The van der Waals surface area contributed by atoms with E-state index in [9.17, 15) is 5.11 Å². The minimum absolute atomic E-state index is 0.103. The van der Waals surface area contributed by atoms with Gasteiger partial charge >= 0.3 is 0 Å². The smallest absolute Gasteiger partial charge is 0.161 e. The van der Waals surface area contributed by atoms with Crippen molar-refractivity contribution >= 4 is 16.6 Å².